The van der Waals surface area contributed by atoms with E-state index >= 15 is 0 Å². The molecule has 1 aromatic heterocycles. The first kappa shape index (κ1) is 41.7. The van der Waals surface area contributed by atoms with Crippen molar-refractivity contribution in [3.8, 4) is 66.8 Å². The van der Waals surface area contributed by atoms with Crippen LogP contribution in [0.1, 0.15) is 11.4 Å². The van der Waals surface area contributed by atoms with E-state index in [1.807, 2.05) is 0 Å². The van der Waals surface area contributed by atoms with Crippen LogP contribution in [0.25, 0.3) is 142 Å². The maximum atomic E-state index is 5.19. The minimum atomic E-state index is 0.939. The molecule has 0 unspecified atom stereocenters. The van der Waals surface area contributed by atoms with Gasteiger partial charge in [0, 0.05) is 10.8 Å². The van der Waals surface area contributed by atoms with Crippen LogP contribution >= 0.6 is 0 Å². The van der Waals surface area contributed by atoms with E-state index in [1.54, 1.807) is 0 Å². The van der Waals surface area contributed by atoms with Crippen molar-refractivity contribution in [3.05, 3.63) is 254 Å². The zero-order chi connectivity index (χ0) is 47.9. The molecule has 0 radical (unpaired) electrons. The van der Waals surface area contributed by atoms with E-state index in [9.17, 15) is 0 Å². The molecule has 0 N–H and O–H groups in total. The lowest BCUT2D eigenvalue weighted by Crippen LogP contribution is -1.96. The third-order valence-electron chi connectivity index (χ3n) is 15.1. The summed E-state index contributed by atoms with van der Waals surface area (Å²) in [5, 5.41) is 14.7. The van der Waals surface area contributed by atoms with Crippen molar-refractivity contribution in [3.63, 3.8) is 0 Å². The van der Waals surface area contributed by atoms with Gasteiger partial charge < -0.3 is 0 Å². The third kappa shape index (κ3) is 7.10. The van der Waals surface area contributed by atoms with Crippen LogP contribution in [0, 0.1) is 13.8 Å². The van der Waals surface area contributed by atoms with E-state index < -0.39 is 0 Å². The number of fused-ring (bicyclic) bond motifs is 12. The average Bonchev–Trinajstić information content (AvgIpc) is 3.45. The molecule has 0 aliphatic heterocycles. The molecule has 14 rings (SSSR count). The molecule has 0 saturated heterocycles. The Hall–Kier alpha value is -9.24. The quantitative estimate of drug-likeness (QED) is 0.155. The van der Waals surface area contributed by atoms with Crippen LogP contribution in [0.3, 0.4) is 0 Å². The van der Waals surface area contributed by atoms with E-state index in [0.717, 1.165) is 55.1 Å². The fraction of sp³-hybridized carbons (Fsp3) is 0.0286. The van der Waals surface area contributed by atoms with E-state index in [-0.39, 0.29) is 0 Å². The van der Waals surface area contributed by atoms with Gasteiger partial charge in [0.15, 0.2) is 0 Å². The van der Waals surface area contributed by atoms with Gasteiger partial charge in [-0.15, -0.1) is 0 Å². The molecular formula is C70H46N2. The van der Waals surface area contributed by atoms with Gasteiger partial charge in [-0.3, -0.25) is 0 Å². The first-order valence-electron chi connectivity index (χ1n) is 24.9. The van der Waals surface area contributed by atoms with Gasteiger partial charge in [0.1, 0.15) is 0 Å². The number of rotatable bonds is 6. The van der Waals surface area contributed by atoms with Crippen LogP contribution < -0.4 is 0 Å². The van der Waals surface area contributed by atoms with Crippen molar-refractivity contribution in [2.45, 2.75) is 13.8 Å². The summed E-state index contributed by atoms with van der Waals surface area (Å²) in [7, 11) is 0. The molecule has 72 heavy (non-hydrogen) atoms. The maximum absolute atomic E-state index is 5.19. The Morgan fingerprint density at radius 1 is 0.194 bits per heavy atom. The molecule has 0 saturated carbocycles. The van der Waals surface area contributed by atoms with Crippen LogP contribution in [0.5, 0.6) is 0 Å². The average molecular weight is 915 g/mol. The fourth-order valence-electron chi connectivity index (χ4n) is 11.2. The number of benzene rings is 13. The predicted octanol–water partition coefficient (Wildman–Crippen LogP) is 19.2. The summed E-state index contributed by atoms with van der Waals surface area (Å²) in [6.45, 7) is 4.12. The van der Waals surface area contributed by atoms with Crippen LogP contribution in [-0.2, 0) is 0 Å². The van der Waals surface area contributed by atoms with Gasteiger partial charge in [-0.25, -0.2) is 9.97 Å². The highest BCUT2D eigenvalue weighted by Crippen LogP contribution is 2.41. The zero-order valence-corrected chi connectivity index (χ0v) is 40.0. The largest absolute Gasteiger partial charge is 0.249 e. The summed E-state index contributed by atoms with van der Waals surface area (Å²) in [5.41, 5.74) is 18.0. The number of aromatic nitrogens is 2. The molecule has 0 aliphatic rings. The first-order chi connectivity index (χ1) is 35.5. The van der Waals surface area contributed by atoms with Crippen molar-refractivity contribution in [2.75, 3.05) is 0 Å². The summed E-state index contributed by atoms with van der Waals surface area (Å²) in [6.07, 6.45) is 0. The standard InChI is InChI=1S/C70H46N2/c1-43-44(2)72-70-64-34-32-60(56-20-10-16-52(38-56)50-14-8-18-54(36-50)58-30-28-48-26-24-46-12-4-6-22-62(46)66(48)40-58)42-68(64)67-41-59(31-33-63(67)69(70)71-43)55-19-9-15-51(37-55)49-13-7-17-53(35-49)57-29-27-47-25-23-45-11-3-5-21-61(45)65(47)39-57/h3-42H,1-2H3. The summed E-state index contributed by atoms with van der Waals surface area (Å²) in [6, 6.07) is 89.5. The van der Waals surface area contributed by atoms with Crippen molar-refractivity contribution in [1.29, 1.82) is 0 Å². The lowest BCUT2D eigenvalue weighted by molar-refractivity contribution is 1.11. The van der Waals surface area contributed by atoms with Gasteiger partial charge >= 0.3 is 0 Å². The second kappa shape index (κ2) is 16.7. The summed E-state index contributed by atoms with van der Waals surface area (Å²) < 4.78 is 0. The topological polar surface area (TPSA) is 25.8 Å². The lowest BCUT2D eigenvalue weighted by Gasteiger charge is -2.15. The molecule has 2 nitrogen and oxygen atoms in total. The Bertz CT molecular complexity index is 4250. The summed E-state index contributed by atoms with van der Waals surface area (Å²) in [5.74, 6) is 0. The van der Waals surface area contributed by atoms with Crippen molar-refractivity contribution in [1.82, 2.24) is 9.97 Å². The number of hydrogen-bond donors (Lipinski definition) is 0. The van der Waals surface area contributed by atoms with Crippen LogP contribution in [0.2, 0.25) is 0 Å². The normalized spacial score (nSPS) is 11.8. The predicted molar refractivity (Wildman–Crippen MR) is 307 cm³/mol. The highest BCUT2D eigenvalue weighted by atomic mass is 14.8. The Morgan fingerprint density at radius 2 is 0.458 bits per heavy atom. The molecule has 1 heterocycles. The van der Waals surface area contributed by atoms with Gasteiger partial charge in [0.05, 0.1) is 22.4 Å². The van der Waals surface area contributed by atoms with E-state index in [2.05, 4.69) is 257 Å². The van der Waals surface area contributed by atoms with Crippen molar-refractivity contribution >= 4 is 75.7 Å². The first-order valence-corrected chi connectivity index (χ1v) is 24.9. The summed E-state index contributed by atoms with van der Waals surface area (Å²) in [4.78, 5) is 10.4. The second-order valence-corrected chi connectivity index (χ2v) is 19.4. The van der Waals surface area contributed by atoms with Gasteiger partial charge in [-0.05, 0) is 183 Å². The Balaban J connectivity index is 0.844. The van der Waals surface area contributed by atoms with Crippen molar-refractivity contribution < 1.29 is 0 Å². The lowest BCUT2D eigenvalue weighted by atomic mass is 9.91. The molecule has 0 fully saturated rings. The zero-order valence-electron chi connectivity index (χ0n) is 40.0. The highest BCUT2D eigenvalue weighted by molar-refractivity contribution is 6.24. The van der Waals surface area contributed by atoms with Crippen LogP contribution in [0.4, 0.5) is 0 Å². The molecule has 0 amide bonds. The van der Waals surface area contributed by atoms with Crippen LogP contribution in [-0.4, -0.2) is 9.97 Å². The molecule has 14 aromatic rings. The van der Waals surface area contributed by atoms with Gasteiger partial charge in [-0.2, -0.15) is 0 Å². The van der Waals surface area contributed by atoms with Crippen molar-refractivity contribution in [2.24, 2.45) is 0 Å². The molecule has 336 valence electrons. The summed E-state index contributed by atoms with van der Waals surface area (Å²) >= 11 is 0. The second-order valence-electron chi connectivity index (χ2n) is 19.4. The van der Waals surface area contributed by atoms with Crippen LogP contribution in [0.15, 0.2) is 243 Å². The Labute approximate surface area is 418 Å². The smallest absolute Gasteiger partial charge is 0.0975 e. The number of nitrogens with zero attached hydrogens (tertiary/aromatic N) is 2. The minimum Gasteiger partial charge on any atom is -0.249 e. The van der Waals surface area contributed by atoms with E-state index in [4.69, 9.17) is 9.97 Å². The number of hydrogen-bond acceptors (Lipinski definition) is 2. The van der Waals surface area contributed by atoms with E-state index in [0.29, 0.717) is 0 Å². The monoisotopic (exact) mass is 914 g/mol. The maximum Gasteiger partial charge on any atom is 0.0975 e. The molecular weight excluding hydrogens is 869 g/mol. The van der Waals surface area contributed by atoms with Gasteiger partial charge in [0.25, 0.3) is 0 Å². The molecule has 0 atom stereocenters. The highest BCUT2D eigenvalue weighted by Gasteiger charge is 2.16. The van der Waals surface area contributed by atoms with E-state index in [1.165, 1.54) is 98.7 Å². The minimum absolute atomic E-state index is 0.939. The SMILES string of the molecule is Cc1nc2c3ccc(-c4cccc(-c5cccc(-c6ccc7ccc8ccccc8c7c6)c5)c4)cc3c3cc(-c4cccc(-c5cccc(-c6ccc7ccc8ccccc8c7c6)c5)c4)ccc3c2nc1C. The molecule has 2 heteroatoms. The Kier molecular flexibility index (Phi) is 9.69. The third-order valence-corrected chi connectivity index (χ3v) is 15.1. The molecule has 0 bridgehead atoms. The molecule has 13 aromatic carbocycles. The Morgan fingerprint density at radius 3 is 0.806 bits per heavy atom. The molecule has 0 spiro atoms. The van der Waals surface area contributed by atoms with Gasteiger partial charge in [-0.1, -0.05) is 194 Å². The molecule has 0 aliphatic carbocycles. The fourth-order valence-corrected chi connectivity index (χ4v) is 11.2. The van der Waals surface area contributed by atoms with Gasteiger partial charge in [0.2, 0.25) is 0 Å². The number of aryl methyl sites for hydroxylation is 2.